The van der Waals surface area contributed by atoms with E-state index in [0.29, 0.717) is 26.1 Å². The van der Waals surface area contributed by atoms with Gasteiger partial charge in [0.2, 0.25) is 5.91 Å². The Morgan fingerprint density at radius 2 is 1.74 bits per heavy atom. The van der Waals surface area contributed by atoms with Gasteiger partial charge in [-0.15, -0.1) is 0 Å². The summed E-state index contributed by atoms with van der Waals surface area (Å²) >= 11 is 0. The summed E-state index contributed by atoms with van der Waals surface area (Å²) in [5.74, 6) is 1.76. The van der Waals surface area contributed by atoms with E-state index >= 15 is 0 Å². The van der Waals surface area contributed by atoms with Crippen LogP contribution in [0.2, 0.25) is 0 Å². The second-order valence-electron chi connectivity index (χ2n) is 13.2. The van der Waals surface area contributed by atoms with Crippen LogP contribution in [0.5, 0.6) is 11.5 Å². The van der Waals surface area contributed by atoms with Crippen LogP contribution in [0.15, 0.2) is 42.0 Å². The predicted molar refractivity (Wildman–Crippen MR) is 170 cm³/mol. The Kier molecular flexibility index (Phi) is 9.84. The lowest BCUT2D eigenvalue weighted by Gasteiger charge is -2.29. The summed E-state index contributed by atoms with van der Waals surface area (Å²) in [7, 11) is 3.44. The number of allylic oxidation sites excluding steroid dienone is 1. The molecule has 43 heavy (non-hydrogen) atoms. The molecule has 3 atom stereocenters. The number of hydrogen-bond acceptors (Lipinski definition) is 6. The smallest absolute Gasteiger partial charge is 0.222 e. The minimum Gasteiger partial charge on any atom is -0.497 e. The molecule has 2 aliphatic heterocycles. The van der Waals surface area contributed by atoms with Crippen molar-refractivity contribution in [3.05, 3.63) is 69.8 Å². The van der Waals surface area contributed by atoms with Crippen LogP contribution in [-0.4, -0.2) is 74.6 Å². The molecule has 2 fully saturated rings. The van der Waals surface area contributed by atoms with Crippen LogP contribution < -0.4 is 9.47 Å². The van der Waals surface area contributed by atoms with E-state index in [9.17, 15) is 4.79 Å². The first kappa shape index (κ1) is 31.6. The maximum Gasteiger partial charge on any atom is 0.222 e. The average molecular weight is 591 g/mol. The van der Waals surface area contributed by atoms with Gasteiger partial charge in [-0.1, -0.05) is 47.9 Å². The lowest BCUT2D eigenvalue weighted by atomic mass is 9.86. The third-order valence-electron chi connectivity index (χ3n) is 9.21. The molecule has 2 unspecified atom stereocenters. The molecule has 3 aliphatic rings. The van der Waals surface area contributed by atoms with E-state index in [1.54, 1.807) is 14.2 Å². The van der Waals surface area contributed by atoms with Crippen LogP contribution in [0.4, 0.5) is 0 Å². The fourth-order valence-corrected chi connectivity index (χ4v) is 7.25. The van der Waals surface area contributed by atoms with Crippen LogP contribution in [-0.2, 0) is 27.2 Å². The zero-order valence-electron chi connectivity index (χ0n) is 27.2. The summed E-state index contributed by atoms with van der Waals surface area (Å²) in [4.78, 5) is 18.4. The summed E-state index contributed by atoms with van der Waals surface area (Å²) in [5, 5.41) is 0. The normalized spacial score (nSPS) is 24.8. The summed E-state index contributed by atoms with van der Waals surface area (Å²) in [6.45, 7) is 14.8. The molecule has 0 saturated carbocycles. The van der Waals surface area contributed by atoms with Crippen molar-refractivity contribution in [1.29, 1.82) is 0 Å². The highest BCUT2D eigenvalue weighted by molar-refractivity contribution is 5.76. The van der Waals surface area contributed by atoms with Crippen LogP contribution in [0.3, 0.4) is 0 Å². The van der Waals surface area contributed by atoms with Gasteiger partial charge in [0.15, 0.2) is 5.79 Å². The molecule has 0 aromatic heterocycles. The van der Waals surface area contributed by atoms with Gasteiger partial charge >= 0.3 is 0 Å². The number of rotatable bonds is 6. The van der Waals surface area contributed by atoms with Gasteiger partial charge in [-0.3, -0.25) is 9.69 Å². The molecular formula is C36H50N2O5. The minimum absolute atomic E-state index is 0.113. The Labute approximate surface area is 258 Å². The van der Waals surface area contributed by atoms with Crippen molar-refractivity contribution >= 4 is 5.91 Å². The van der Waals surface area contributed by atoms with E-state index in [-0.39, 0.29) is 23.8 Å². The second-order valence-corrected chi connectivity index (χ2v) is 13.2. The number of aryl methyl sites for hydroxylation is 2. The van der Waals surface area contributed by atoms with Crippen LogP contribution in [0, 0.1) is 19.8 Å². The van der Waals surface area contributed by atoms with Gasteiger partial charge in [0.05, 0.1) is 20.8 Å². The first-order chi connectivity index (χ1) is 20.5. The molecule has 0 spiro atoms. The summed E-state index contributed by atoms with van der Waals surface area (Å²) in [5.41, 5.74) is 7.83. The third-order valence-corrected chi connectivity index (χ3v) is 9.21. The molecule has 7 nitrogen and oxygen atoms in total. The van der Waals surface area contributed by atoms with Gasteiger partial charge in [-0.2, -0.15) is 0 Å². The van der Waals surface area contributed by atoms with Gasteiger partial charge in [0.25, 0.3) is 0 Å². The third kappa shape index (κ3) is 7.81. The highest BCUT2D eigenvalue weighted by Crippen LogP contribution is 2.42. The van der Waals surface area contributed by atoms with Gasteiger partial charge in [0.1, 0.15) is 17.6 Å². The summed E-state index contributed by atoms with van der Waals surface area (Å²) in [6.07, 6.45) is 5.52. The van der Waals surface area contributed by atoms with Crippen molar-refractivity contribution in [2.75, 3.05) is 47.0 Å². The van der Waals surface area contributed by atoms with E-state index in [1.807, 2.05) is 24.8 Å². The Morgan fingerprint density at radius 1 is 0.977 bits per heavy atom. The molecule has 2 aromatic carbocycles. The van der Waals surface area contributed by atoms with Crippen molar-refractivity contribution in [2.24, 2.45) is 5.92 Å². The number of ether oxygens (including phenoxy) is 4. The molecule has 2 heterocycles. The van der Waals surface area contributed by atoms with Gasteiger partial charge in [-0.05, 0) is 70.1 Å². The van der Waals surface area contributed by atoms with Gasteiger partial charge < -0.3 is 23.8 Å². The van der Waals surface area contributed by atoms with Crippen LogP contribution in [0.1, 0.15) is 73.8 Å². The number of nitrogens with zero attached hydrogens (tertiary/aromatic N) is 2. The van der Waals surface area contributed by atoms with Crippen molar-refractivity contribution in [1.82, 2.24) is 9.80 Å². The molecule has 2 aromatic rings. The maximum absolute atomic E-state index is 13.9. The number of fused-ring (bicyclic) bond motifs is 2. The highest BCUT2D eigenvalue weighted by Gasteiger charge is 2.35. The lowest BCUT2D eigenvalue weighted by Crippen LogP contribution is -2.43. The lowest BCUT2D eigenvalue weighted by molar-refractivity contribution is -0.146. The number of carbonyl (C=O) groups is 1. The average Bonchev–Trinajstić information content (AvgIpc) is 3.22. The molecule has 234 valence electrons. The standard InChI is InChI=1S/C36H50N2O5/c1-24-14-25(2)16-27(15-24)21-37-11-10-29-17-26(3)35-30(19-31(40-6)20-33(35)41-7)18-28(29)8-9-34(39)38(13-12-37)22-32-23-42-36(4,5)43-32/h14-17,19-20,26,28,32H,8-13,18,21-23H2,1-7H3/t26?,28?,32-/m1/s1. The number of hydrogen-bond donors (Lipinski definition) is 0. The second kappa shape index (κ2) is 13.4. The van der Waals surface area contributed by atoms with E-state index in [0.717, 1.165) is 50.4 Å². The zero-order valence-corrected chi connectivity index (χ0v) is 27.2. The minimum atomic E-state index is -0.608. The van der Waals surface area contributed by atoms with Gasteiger partial charge in [0, 0.05) is 56.7 Å². The molecule has 1 amide bonds. The van der Waals surface area contributed by atoms with Crippen molar-refractivity contribution in [3.63, 3.8) is 0 Å². The largest absolute Gasteiger partial charge is 0.497 e. The maximum atomic E-state index is 13.9. The van der Waals surface area contributed by atoms with Crippen molar-refractivity contribution in [3.8, 4) is 11.5 Å². The van der Waals surface area contributed by atoms with Gasteiger partial charge in [-0.25, -0.2) is 0 Å². The molecular weight excluding hydrogens is 540 g/mol. The van der Waals surface area contributed by atoms with Crippen molar-refractivity contribution in [2.45, 2.75) is 84.7 Å². The molecule has 7 heteroatoms. The Balaban J connectivity index is 1.45. The van der Waals surface area contributed by atoms with E-state index in [4.69, 9.17) is 18.9 Å². The molecule has 0 N–H and O–H groups in total. The zero-order chi connectivity index (χ0) is 30.7. The van der Waals surface area contributed by atoms with E-state index in [1.165, 1.54) is 33.4 Å². The SMILES string of the molecule is COc1cc2c(c(OC)c1)C(C)C=C1CCN(Cc3cc(C)cc(C)c3)CCN(C[C@@H]3COC(C)(C)O3)C(=O)CCC1C2. The Morgan fingerprint density at radius 3 is 2.42 bits per heavy atom. The topological polar surface area (TPSA) is 60.5 Å². The summed E-state index contributed by atoms with van der Waals surface area (Å²) < 4.78 is 23.5. The van der Waals surface area contributed by atoms with Crippen molar-refractivity contribution < 1.29 is 23.7 Å². The molecule has 0 bridgehead atoms. The highest BCUT2D eigenvalue weighted by atomic mass is 16.7. The quantitative estimate of drug-likeness (QED) is 0.374. The van der Waals surface area contributed by atoms with E-state index < -0.39 is 5.79 Å². The fourth-order valence-electron chi connectivity index (χ4n) is 7.25. The molecule has 5 rings (SSSR count). The fraction of sp³-hybridized carbons (Fsp3) is 0.583. The molecule has 0 radical (unpaired) electrons. The first-order valence-electron chi connectivity index (χ1n) is 15.9. The number of benzene rings is 2. The number of carbonyl (C=O) groups excluding carboxylic acids is 1. The predicted octanol–water partition coefficient (Wildman–Crippen LogP) is 6.19. The molecule has 1 aliphatic carbocycles. The molecule has 2 saturated heterocycles. The Hall–Kier alpha value is -2.87. The van der Waals surface area contributed by atoms with Crippen LogP contribution >= 0.6 is 0 Å². The number of methoxy groups -OCH3 is 2. The van der Waals surface area contributed by atoms with Crippen LogP contribution in [0.25, 0.3) is 0 Å². The summed E-state index contributed by atoms with van der Waals surface area (Å²) in [6, 6.07) is 11.0. The number of amides is 1. The monoisotopic (exact) mass is 590 g/mol. The first-order valence-corrected chi connectivity index (χ1v) is 15.9. The Bertz CT molecular complexity index is 1310. The van der Waals surface area contributed by atoms with E-state index in [2.05, 4.69) is 56.0 Å².